The molecule has 0 fully saturated rings. The maximum absolute atomic E-state index is 12.4. The zero-order valence-electron chi connectivity index (χ0n) is 13.1. The third kappa shape index (κ3) is 2.15. The number of hydrogen-bond donors (Lipinski definition) is 1. The van der Waals surface area contributed by atoms with Crippen molar-refractivity contribution < 1.29 is 9.84 Å². The molecule has 0 unspecified atom stereocenters. The highest BCUT2D eigenvalue weighted by Gasteiger charge is 2.12. The number of benzene rings is 2. The highest BCUT2D eigenvalue weighted by molar-refractivity contribution is 7.14. The van der Waals surface area contributed by atoms with Crippen LogP contribution in [0.15, 0.2) is 41.2 Å². The lowest BCUT2D eigenvalue weighted by Gasteiger charge is -2.04. The van der Waals surface area contributed by atoms with Gasteiger partial charge in [0.25, 0.3) is 4.74 Å². The molecule has 4 rings (SSSR count). The summed E-state index contributed by atoms with van der Waals surface area (Å²) < 4.78 is 6.88. The summed E-state index contributed by atoms with van der Waals surface area (Å²) in [5.41, 5.74) is 3.35. The van der Waals surface area contributed by atoms with Gasteiger partial charge in [0.05, 0.1) is 18.1 Å². The summed E-state index contributed by atoms with van der Waals surface area (Å²) in [7, 11) is 1.49. The van der Waals surface area contributed by atoms with Crippen LogP contribution in [-0.2, 0) is 0 Å². The zero-order valence-corrected chi connectivity index (χ0v) is 13.9. The van der Waals surface area contributed by atoms with Crippen LogP contribution in [0.5, 0.6) is 11.5 Å². The molecule has 2 aromatic carbocycles. The number of thiazole rings is 1. The van der Waals surface area contributed by atoms with E-state index in [1.54, 1.807) is 24.3 Å². The van der Waals surface area contributed by atoms with Gasteiger partial charge in [-0.05, 0) is 36.8 Å². The largest absolute Gasteiger partial charge is 0.504 e. The molecule has 2 aromatic heterocycles. The van der Waals surface area contributed by atoms with Crippen LogP contribution in [0.3, 0.4) is 0 Å². The summed E-state index contributed by atoms with van der Waals surface area (Å²) in [4.78, 5) is 17.6. The quantitative estimate of drug-likeness (QED) is 0.610. The second-order valence-electron chi connectivity index (χ2n) is 5.54. The van der Waals surface area contributed by atoms with Crippen LogP contribution in [0, 0.1) is 6.92 Å². The van der Waals surface area contributed by atoms with Gasteiger partial charge in [-0.25, -0.2) is 4.98 Å². The number of fused-ring (bicyclic) bond motifs is 3. The fourth-order valence-electron chi connectivity index (χ4n) is 2.78. The first kappa shape index (κ1) is 14.7. The van der Waals surface area contributed by atoms with Crippen LogP contribution in [-0.4, -0.2) is 21.6 Å². The Bertz CT molecular complexity index is 1190. The number of phenolic OH excluding ortho intramolecular Hbond substituents is 1. The molecule has 2 heterocycles. The molecule has 6 heteroatoms. The minimum atomic E-state index is -0.0943. The number of rotatable bonds is 2. The van der Waals surface area contributed by atoms with E-state index in [0.29, 0.717) is 21.6 Å². The molecule has 24 heavy (non-hydrogen) atoms. The summed E-state index contributed by atoms with van der Waals surface area (Å²) in [5.74, 6) is 0.383. The molecule has 0 atom stereocenters. The number of aryl methyl sites for hydroxylation is 1. The van der Waals surface area contributed by atoms with Gasteiger partial charge in [-0.15, -0.1) is 0 Å². The van der Waals surface area contributed by atoms with Gasteiger partial charge in [-0.1, -0.05) is 29.5 Å². The fraction of sp³-hybridized carbons (Fsp3) is 0.111. The summed E-state index contributed by atoms with van der Waals surface area (Å²) in [6.45, 7) is 2.00. The Morgan fingerprint density at radius 1 is 1.29 bits per heavy atom. The van der Waals surface area contributed by atoms with Crippen LogP contribution >= 0.6 is 11.3 Å². The number of aromatic hydroxyl groups is 1. The molecule has 5 nitrogen and oxygen atoms in total. The van der Waals surface area contributed by atoms with Gasteiger partial charge in [-0.3, -0.25) is 9.20 Å². The van der Waals surface area contributed by atoms with Gasteiger partial charge in [0.1, 0.15) is 5.35 Å². The van der Waals surface area contributed by atoms with Crippen molar-refractivity contribution in [3.63, 3.8) is 0 Å². The van der Waals surface area contributed by atoms with Crippen molar-refractivity contribution in [3.8, 4) is 11.5 Å². The topological polar surface area (TPSA) is 63.8 Å². The minimum Gasteiger partial charge on any atom is -0.504 e. The third-order valence-corrected chi connectivity index (χ3v) is 4.81. The Kier molecular flexibility index (Phi) is 3.28. The number of hydrogen-bond acceptors (Lipinski definition) is 5. The van der Waals surface area contributed by atoms with E-state index in [4.69, 9.17) is 4.74 Å². The molecule has 0 saturated carbocycles. The lowest BCUT2D eigenvalue weighted by Crippen LogP contribution is -2.23. The smallest absolute Gasteiger partial charge is 0.259 e. The van der Waals surface area contributed by atoms with Crippen molar-refractivity contribution in [2.75, 3.05) is 7.11 Å². The van der Waals surface area contributed by atoms with Crippen LogP contribution < -0.4 is 14.8 Å². The van der Waals surface area contributed by atoms with Crippen molar-refractivity contribution >= 4 is 33.4 Å². The normalized spacial score (nSPS) is 12.3. The molecule has 0 amide bonds. The summed E-state index contributed by atoms with van der Waals surface area (Å²) in [5, 5.41) is 10.8. The van der Waals surface area contributed by atoms with Gasteiger partial charge in [0, 0.05) is 5.56 Å². The van der Waals surface area contributed by atoms with E-state index in [9.17, 15) is 9.90 Å². The predicted molar refractivity (Wildman–Crippen MR) is 95.0 cm³/mol. The average molecular weight is 338 g/mol. The van der Waals surface area contributed by atoms with E-state index in [2.05, 4.69) is 4.98 Å². The first-order chi connectivity index (χ1) is 11.6. The molecule has 120 valence electrons. The van der Waals surface area contributed by atoms with E-state index >= 15 is 0 Å². The number of methoxy groups -OCH3 is 1. The first-order valence-corrected chi connectivity index (χ1v) is 8.19. The molecule has 1 N–H and O–H groups in total. The molecular weight excluding hydrogens is 324 g/mol. The number of imidazole rings is 1. The highest BCUT2D eigenvalue weighted by Crippen LogP contribution is 2.29. The number of phenols is 1. The van der Waals surface area contributed by atoms with Crippen molar-refractivity contribution in [1.82, 2.24) is 9.38 Å². The second kappa shape index (κ2) is 5.35. The number of nitrogens with zero attached hydrogens (tertiary/aromatic N) is 2. The molecule has 0 bridgehead atoms. The van der Waals surface area contributed by atoms with Gasteiger partial charge >= 0.3 is 0 Å². The van der Waals surface area contributed by atoms with Gasteiger partial charge < -0.3 is 9.84 Å². The maximum atomic E-state index is 12.4. The number of para-hydroxylation sites is 1. The summed E-state index contributed by atoms with van der Waals surface area (Å²) >= 11 is 1.10. The third-order valence-electron chi connectivity index (χ3n) is 3.96. The van der Waals surface area contributed by atoms with Gasteiger partial charge in [-0.2, -0.15) is 0 Å². The van der Waals surface area contributed by atoms with E-state index < -0.39 is 0 Å². The van der Waals surface area contributed by atoms with E-state index in [-0.39, 0.29) is 10.5 Å². The molecule has 0 spiro atoms. The Labute approximate surface area is 141 Å². The summed E-state index contributed by atoms with van der Waals surface area (Å²) in [6, 6.07) is 11.1. The first-order valence-electron chi connectivity index (χ1n) is 7.38. The van der Waals surface area contributed by atoms with E-state index in [0.717, 1.165) is 27.9 Å². The molecule has 0 saturated heterocycles. The lowest BCUT2D eigenvalue weighted by atomic mass is 10.1. The standard InChI is InChI=1S/C18H14N2O3S/c1-10-6-7-12-13(8-10)20-14(17(22)24-18(20)19-12)9-11-4-3-5-15(23-2)16(11)21/h3-9,21H,1-2H3/b14-9+. The number of aromatic nitrogens is 2. The molecule has 4 aromatic rings. The van der Waals surface area contributed by atoms with Crippen LogP contribution in [0.4, 0.5) is 0 Å². The highest BCUT2D eigenvalue weighted by atomic mass is 32.1. The van der Waals surface area contributed by atoms with Crippen molar-refractivity contribution in [3.05, 3.63) is 62.4 Å². The molecule has 0 radical (unpaired) electrons. The summed E-state index contributed by atoms with van der Waals surface area (Å²) in [6.07, 6.45) is 1.67. The molecular formula is C18H14N2O3S. The SMILES string of the molecule is COc1cccc(/C=c2\c(=O)sc3nc4ccc(C)cc4n23)c1O. The van der Waals surface area contributed by atoms with Gasteiger partial charge in [0.2, 0.25) is 0 Å². The van der Waals surface area contributed by atoms with Crippen molar-refractivity contribution in [2.24, 2.45) is 0 Å². The monoisotopic (exact) mass is 338 g/mol. The molecule has 0 aliphatic heterocycles. The maximum Gasteiger partial charge on any atom is 0.259 e. The van der Waals surface area contributed by atoms with E-state index in [1.165, 1.54) is 7.11 Å². The number of ether oxygens (including phenoxy) is 1. The van der Waals surface area contributed by atoms with E-state index in [1.807, 2.05) is 29.5 Å². The van der Waals surface area contributed by atoms with Crippen molar-refractivity contribution in [2.45, 2.75) is 6.92 Å². The minimum absolute atomic E-state index is 0.0133. The second-order valence-corrected chi connectivity index (χ2v) is 6.48. The molecule has 0 aliphatic carbocycles. The Morgan fingerprint density at radius 3 is 2.92 bits per heavy atom. The fourth-order valence-corrected chi connectivity index (χ4v) is 3.63. The molecule has 0 aliphatic rings. The zero-order chi connectivity index (χ0) is 16.8. The lowest BCUT2D eigenvalue weighted by molar-refractivity contribution is 0.373. The van der Waals surface area contributed by atoms with Crippen molar-refractivity contribution in [1.29, 1.82) is 0 Å². The Balaban J connectivity index is 2.10. The van der Waals surface area contributed by atoms with Crippen LogP contribution in [0.25, 0.3) is 22.1 Å². The average Bonchev–Trinajstić information content (AvgIpc) is 3.05. The Morgan fingerprint density at radius 2 is 2.12 bits per heavy atom. The van der Waals surface area contributed by atoms with Gasteiger partial charge in [0.15, 0.2) is 16.5 Å². The van der Waals surface area contributed by atoms with Crippen LogP contribution in [0.2, 0.25) is 0 Å². The van der Waals surface area contributed by atoms with Crippen LogP contribution in [0.1, 0.15) is 11.1 Å². The Hall–Kier alpha value is -2.86. The predicted octanol–water partition coefficient (Wildman–Crippen LogP) is 2.48.